The van der Waals surface area contributed by atoms with Gasteiger partial charge in [-0.05, 0) is 6.07 Å². The molecule has 2 rings (SSSR count). The average molecular weight is 303 g/mol. The Morgan fingerprint density at radius 2 is 2.05 bits per heavy atom. The second kappa shape index (κ2) is 6.67. The van der Waals surface area contributed by atoms with Crippen molar-refractivity contribution < 1.29 is 13.2 Å². The maximum atomic E-state index is 12.6. The molecule has 0 unspecified atom stereocenters. The second-order valence-corrected chi connectivity index (χ2v) is 5.28. The van der Waals surface area contributed by atoms with Crippen molar-refractivity contribution in [3.63, 3.8) is 0 Å². The van der Waals surface area contributed by atoms with Crippen LogP contribution in [0.4, 0.5) is 13.2 Å². The molecule has 100 valence electrons. The minimum absolute atomic E-state index is 0.157. The summed E-state index contributed by atoms with van der Waals surface area (Å²) in [6.45, 7) is 0. The van der Waals surface area contributed by atoms with E-state index < -0.39 is 11.9 Å². The molecule has 0 atom stereocenters. The largest absolute Gasteiger partial charge is 0.301 e. The first-order valence-corrected chi connectivity index (χ1v) is 7.08. The lowest BCUT2D eigenvalue weighted by molar-refractivity contribution is 0.373. The summed E-state index contributed by atoms with van der Waals surface area (Å²) in [5.74, 6) is -1.23. The first-order valence-electron chi connectivity index (χ1n) is 5.22. The number of thiazole rings is 1. The highest BCUT2D eigenvalue weighted by Crippen LogP contribution is 2.23. The molecule has 8 heteroatoms. The van der Waals surface area contributed by atoms with Gasteiger partial charge in [-0.1, -0.05) is 11.8 Å². The van der Waals surface area contributed by atoms with Crippen LogP contribution in [0.1, 0.15) is 6.42 Å². The molecule has 0 aliphatic heterocycles. The van der Waals surface area contributed by atoms with E-state index in [0.717, 1.165) is 16.8 Å². The van der Waals surface area contributed by atoms with Gasteiger partial charge in [-0.25, -0.2) is 19.3 Å². The predicted octanol–water partition coefficient (Wildman–Crippen LogP) is 4.16. The fraction of sp³-hybridized carbons (Fsp3) is 0.182. The SMILES string of the molecule is FC(F)=C(F)CCSc1nccc(-c2nccs2)n1. The zero-order valence-electron chi connectivity index (χ0n) is 9.52. The van der Waals surface area contributed by atoms with E-state index in [0.29, 0.717) is 10.9 Å². The van der Waals surface area contributed by atoms with Crippen LogP contribution in [0.15, 0.2) is 40.9 Å². The van der Waals surface area contributed by atoms with Gasteiger partial charge in [-0.15, -0.1) is 11.3 Å². The van der Waals surface area contributed by atoms with Gasteiger partial charge < -0.3 is 0 Å². The normalized spacial score (nSPS) is 10.5. The number of rotatable bonds is 5. The minimum Gasteiger partial charge on any atom is -0.243 e. The van der Waals surface area contributed by atoms with Crippen LogP contribution in [0.2, 0.25) is 0 Å². The van der Waals surface area contributed by atoms with Gasteiger partial charge in [0.2, 0.25) is 0 Å². The molecule has 0 spiro atoms. The topological polar surface area (TPSA) is 38.7 Å². The Morgan fingerprint density at radius 1 is 1.21 bits per heavy atom. The maximum absolute atomic E-state index is 12.6. The van der Waals surface area contributed by atoms with Crippen LogP contribution in [0.3, 0.4) is 0 Å². The van der Waals surface area contributed by atoms with Crippen LogP contribution in [0.5, 0.6) is 0 Å². The molecule has 2 aromatic heterocycles. The molecule has 2 aromatic rings. The monoisotopic (exact) mass is 303 g/mol. The van der Waals surface area contributed by atoms with Gasteiger partial charge in [0, 0.05) is 29.9 Å². The van der Waals surface area contributed by atoms with Crippen molar-refractivity contribution in [2.45, 2.75) is 11.6 Å². The lowest BCUT2D eigenvalue weighted by Crippen LogP contribution is -1.91. The predicted molar refractivity (Wildman–Crippen MR) is 68.8 cm³/mol. The van der Waals surface area contributed by atoms with Crippen molar-refractivity contribution in [3.8, 4) is 10.7 Å². The fourth-order valence-corrected chi connectivity index (χ4v) is 2.57. The first-order chi connectivity index (χ1) is 9.16. The summed E-state index contributed by atoms with van der Waals surface area (Å²) in [6.07, 6.45) is 0.628. The van der Waals surface area contributed by atoms with Gasteiger partial charge in [0.1, 0.15) is 10.7 Å². The molecule has 0 aliphatic carbocycles. The highest BCUT2D eigenvalue weighted by molar-refractivity contribution is 7.99. The summed E-state index contributed by atoms with van der Waals surface area (Å²) in [5, 5.41) is 3.00. The standard InChI is InChI=1S/C11H8F3N3S2/c12-7(9(13)14)2-5-19-11-16-3-1-8(17-11)10-15-4-6-18-10/h1,3-4,6H,2,5H2. The number of nitrogens with zero attached hydrogens (tertiary/aromatic N) is 3. The van der Waals surface area contributed by atoms with Crippen molar-refractivity contribution in [1.82, 2.24) is 15.0 Å². The number of hydrogen-bond donors (Lipinski definition) is 0. The lowest BCUT2D eigenvalue weighted by Gasteiger charge is -2.00. The van der Waals surface area contributed by atoms with Crippen molar-refractivity contribution in [1.29, 1.82) is 0 Å². The fourth-order valence-electron chi connectivity index (χ4n) is 1.21. The van der Waals surface area contributed by atoms with Crippen LogP contribution in [-0.4, -0.2) is 20.7 Å². The Bertz CT molecular complexity index is 568. The van der Waals surface area contributed by atoms with E-state index in [1.54, 1.807) is 18.5 Å². The third-order valence-electron chi connectivity index (χ3n) is 2.04. The number of allylic oxidation sites excluding steroid dienone is 1. The molecular formula is C11H8F3N3S2. The van der Waals surface area contributed by atoms with E-state index in [9.17, 15) is 13.2 Å². The van der Waals surface area contributed by atoms with E-state index in [4.69, 9.17) is 0 Å². The minimum atomic E-state index is -2.27. The molecular weight excluding hydrogens is 295 g/mol. The molecule has 0 aliphatic rings. The molecule has 0 N–H and O–H groups in total. The number of thioether (sulfide) groups is 1. The van der Waals surface area contributed by atoms with Crippen LogP contribution >= 0.6 is 23.1 Å². The number of hydrogen-bond acceptors (Lipinski definition) is 5. The molecule has 0 amide bonds. The molecule has 2 heterocycles. The molecule has 0 saturated carbocycles. The van der Waals surface area contributed by atoms with Crippen molar-refractivity contribution in [2.24, 2.45) is 0 Å². The van der Waals surface area contributed by atoms with Gasteiger partial charge in [-0.2, -0.15) is 8.78 Å². The van der Waals surface area contributed by atoms with Gasteiger partial charge >= 0.3 is 6.08 Å². The average Bonchev–Trinajstić information content (AvgIpc) is 2.93. The van der Waals surface area contributed by atoms with Crippen LogP contribution in [0.25, 0.3) is 10.7 Å². The zero-order valence-corrected chi connectivity index (χ0v) is 11.1. The molecule has 3 nitrogen and oxygen atoms in total. The molecule has 0 saturated heterocycles. The zero-order chi connectivity index (χ0) is 13.7. The third kappa shape index (κ3) is 4.03. The Morgan fingerprint density at radius 3 is 2.74 bits per heavy atom. The summed E-state index contributed by atoms with van der Waals surface area (Å²) in [7, 11) is 0. The Labute approximate surface area is 115 Å². The molecule has 0 radical (unpaired) electrons. The Kier molecular flexibility index (Phi) is 4.92. The van der Waals surface area contributed by atoms with Crippen LogP contribution in [0, 0.1) is 0 Å². The van der Waals surface area contributed by atoms with E-state index in [-0.39, 0.29) is 12.2 Å². The first kappa shape index (κ1) is 14.0. The van der Waals surface area contributed by atoms with E-state index in [2.05, 4.69) is 15.0 Å². The maximum Gasteiger partial charge on any atom is 0.301 e. The smallest absolute Gasteiger partial charge is 0.243 e. The van der Waals surface area contributed by atoms with Gasteiger partial charge in [-0.3, -0.25) is 0 Å². The Balaban J connectivity index is 1.99. The summed E-state index contributed by atoms with van der Waals surface area (Å²) in [4.78, 5) is 12.3. The van der Waals surface area contributed by atoms with E-state index in [1.165, 1.54) is 11.3 Å². The molecule has 19 heavy (non-hydrogen) atoms. The van der Waals surface area contributed by atoms with E-state index in [1.807, 2.05) is 5.38 Å². The Hall–Kier alpha value is -1.41. The number of halogens is 3. The van der Waals surface area contributed by atoms with Crippen molar-refractivity contribution in [3.05, 3.63) is 35.7 Å². The molecule has 0 bridgehead atoms. The van der Waals surface area contributed by atoms with E-state index >= 15 is 0 Å². The highest BCUT2D eigenvalue weighted by atomic mass is 32.2. The molecule has 0 aromatic carbocycles. The van der Waals surface area contributed by atoms with Crippen LogP contribution in [-0.2, 0) is 0 Å². The highest BCUT2D eigenvalue weighted by Gasteiger charge is 2.08. The summed E-state index contributed by atoms with van der Waals surface area (Å²) >= 11 is 2.56. The third-order valence-corrected chi connectivity index (χ3v) is 3.70. The van der Waals surface area contributed by atoms with Crippen molar-refractivity contribution in [2.75, 3.05) is 5.75 Å². The second-order valence-electron chi connectivity index (χ2n) is 3.33. The summed E-state index contributed by atoms with van der Waals surface area (Å²) < 4.78 is 36.3. The lowest BCUT2D eigenvalue weighted by atomic mass is 10.4. The van der Waals surface area contributed by atoms with Gasteiger partial charge in [0.05, 0.1) is 0 Å². The van der Waals surface area contributed by atoms with Crippen molar-refractivity contribution >= 4 is 23.1 Å². The van der Waals surface area contributed by atoms with Crippen LogP contribution < -0.4 is 0 Å². The molecule has 0 fully saturated rings. The van der Waals surface area contributed by atoms with Gasteiger partial charge in [0.25, 0.3) is 0 Å². The number of aromatic nitrogens is 3. The quantitative estimate of drug-likeness (QED) is 0.614. The summed E-state index contributed by atoms with van der Waals surface area (Å²) in [5.41, 5.74) is 0.667. The summed E-state index contributed by atoms with van der Waals surface area (Å²) in [6, 6.07) is 1.71. The van der Waals surface area contributed by atoms with Gasteiger partial charge in [0.15, 0.2) is 11.0 Å².